The predicted molar refractivity (Wildman–Crippen MR) is 99.0 cm³/mol. The summed E-state index contributed by atoms with van der Waals surface area (Å²) in [6.45, 7) is 0. The Bertz CT molecular complexity index is 1010. The predicted octanol–water partition coefficient (Wildman–Crippen LogP) is 3.49. The lowest BCUT2D eigenvalue weighted by atomic mass is 10.2. The zero-order valence-electron chi connectivity index (χ0n) is 13.2. The number of rotatable bonds is 4. The molecule has 0 radical (unpaired) electrons. The highest BCUT2D eigenvalue weighted by atomic mass is 15.1. The first-order chi connectivity index (χ1) is 12.3. The Balaban J connectivity index is 1.68. The quantitative estimate of drug-likeness (QED) is 0.526. The van der Waals surface area contributed by atoms with Gasteiger partial charge in [-0.1, -0.05) is 18.2 Å². The fourth-order valence-electron chi connectivity index (χ4n) is 2.50. The van der Waals surface area contributed by atoms with Crippen molar-refractivity contribution in [1.82, 2.24) is 19.9 Å². The van der Waals surface area contributed by atoms with Gasteiger partial charge in [-0.15, -0.1) is 0 Å². The average Bonchev–Trinajstić information content (AvgIpc) is 2.66. The van der Waals surface area contributed by atoms with E-state index < -0.39 is 0 Å². The van der Waals surface area contributed by atoms with E-state index in [2.05, 4.69) is 30.6 Å². The van der Waals surface area contributed by atoms with Gasteiger partial charge in [0.15, 0.2) is 11.6 Å². The molecule has 0 unspecified atom stereocenters. The highest BCUT2D eigenvalue weighted by Gasteiger charge is 2.10. The summed E-state index contributed by atoms with van der Waals surface area (Å²) >= 11 is 0. The number of pyridine rings is 2. The first-order valence-corrected chi connectivity index (χ1v) is 7.69. The maximum Gasteiger partial charge on any atom is 0.159 e. The number of benzene rings is 1. The van der Waals surface area contributed by atoms with Gasteiger partial charge in [0, 0.05) is 17.8 Å². The van der Waals surface area contributed by atoms with E-state index in [1.807, 2.05) is 42.5 Å². The molecule has 4 rings (SSSR count). The second-order valence-corrected chi connectivity index (χ2v) is 5.36. The summed E-state index contributed by atoms with van der Waals surface area (Å²) in [4.78, 5) is 17.0. The van der Waals surface area contributed by atoms with Crippen LogP contribution in [0.4, 0.5) is 28.7 Å². The van der Waals surface area contributed by atoms with Crippen molar-refractivity contribution in [3.8, 4) is 0 Å². The van der Waals surface area contributed by atoms with Crippen LogP contribution in [0.25, 0.3) is 10.9 Å². The van der Waals surface area contributed by atoms with Crippen molar-refractivity contribution < 1.29 is 0 Å². The van der Waals surface area contributed by atoms with Crippen molar-refractivity contribution in [1.29, 1.82) is 0 Å². The van der Waals surface area contributed by atoms with E-state index in [1.165, 1.54) is 6.33 Å². The summed E-state index contributed by atoms with van der Waals surface area (Å²) < 4.78 is 0. The molecule has 0 amide bonds. The molecule has 3 heterocycles. The molecule has 122 valence electrons. The number of nitrogens with two attached hydrogens (primary N) is 1. The highest BCUT2D eigenvalue weighted by Crippen LogP contribution is 2.30. The minimum absolute atomic E-state index is 0.416. The van der Waals surface area contributed by atoms with Gasteiger partial charge in [-0.05, 0) is 24.3 Å². The van der Waals surface area contributed by atoms with E-state index in [-0.39, 0.29) is 0 Å². The number of anilines is 5. The standard InChI is InChI=1S/C18H15N7/c19-15-17(24-13-6-3-8-20-10-13)22-11-23-18(15)25-14-7-1-4-12-5-2-9-21-16(12)14/h1-11H,19H2,(H2,22,23,24,25). The number of para-hydroxylation sites is 1. The summed E-state index contributed by atoms with van der Waals surface area (Å²) in [5, 5.41) is 7.42. The Morgan fingerprint density at radius 1 is 0.800 bits per heavy atom. The second kappa shape index (κ2) is 6.40. The maximum absolute atomic E-state index is 6.23. The van der Waals surface area contributed by atoms with E-state index in [0.717, 1.165) is 22.3 Å². The van der Waals surface area contributed by atoms with E-state index in [0.29, 0.717) is 17.3 Å². The molecule has 1 aromatic carbocycles. The van der Waals surface area contributed by atoms with Crippen LogP contribution in [0.1, 0.15) is 0 Å². The van der Waals surface area contributed by atoms with Gasteiger partial charge in [0.25, 0.3) is 0 Å². The number of aromatic nitrogens is 4. The Labute approximate surface area is 144 Å². The fourth-order valence-corrected chi connectivity index (χ4v) is 2.50. The molecule has 4 N–H and O–H groups in total. The zero-order valence-corrected chi connectivity index (χ0v) is 13.2. The van der Waals surface area contributed by atoms with Crippen LogP contribution in [0.3, 0.4) is 0 Å². The molecule has 3 aromatic heterocycles. The molecule has 7 nitrogen and oxygen atoms in total. The number of nitrogen functional groups attached to an aromatic ring is 1. The van der Waals surface area contributed by atoms with E-state index >= 15 is 0 Å². The van der Waals surface area contributed by atoms with Crippen molar-refractivity contribution in [2.75, 3.05) is 16.4 Å². The summed E-state index contributed by atoms with van der Waals surface area (Å²) in [7, 11) is 0. The molecular weight excluding hydrogens is 314 g/mol. The third-order valence-electron chi connectivity index (χ3n) is 3.69. The molecule has 4 aromatic rings. The Morgan fingerprint density at radius 2 is 1.60 bits per heavy atom. The summed E-state index contributed by atoms with van der Waals surface area (Å²) in [6.07, 6.45) is 6.61. The summed E-state index contributed by atoms with van der Waals surface area (Å²) in [5.74, 6) is 1.03. The van der Waals surface area contributed by atoms with Gasteiger partial charge >= 0.3 is 0 Å². The van der Waals surface area contributed by atoms with Crippen LogP contribution >= 0.6 is 0 Å². The van der Waals surface area contributed by atoms with Crippen LogP contribution in [-0.2, 0) is 0 Å². The van der Waals surface area contributed by atoms with Gasteiger partial charge in [-0.25, -0.2) is 9.97 Å². The SMILES string of the molecule is Nc1c(Nc2cccnc2)ncnc1Nc1cccc2cccnc12. The minimum Gasteiger partial charge on any atom is -0.393 e. The van der Waals surface area contributed by atoms with Gasteiger partial charge in [-0.3, -0.25) is 9.97 Å². The van der Waals surface area contributed by atoms with Crippen LogP contribution in [0.15, 0.2) is 67.4 Å². The van der Waals surface area contributed by atoms with Gasteiger partial charge in [0.1, 0.15) is 12.0 Å². The molecule has 0 aliphatic heterocycles. The number of hydrogen-bond acceptors (Lipinski definition) is 7. The molecule has 0 bridgehead atoms. The van der Waals surface area contributed by atoms with Crippen LogP contribution in [-0.4, -0.2) is 19.9 Å². The Morgan fingerprint density at radius 3 is 2.44 bits per heavy atom. The number of nitrogens with one attached hydrogen (secondary N) is 2. The monoisotopic (exact) mass is 329 g/mol. The van der Waals surface area contributed by atoms with E-state index in [4.69, 9.17) is 5.73 Å². The zero-order chi connectivity index (χ0) is 17.1. The lowest BCUT2D eigenvalue weighted by molar-refractivity contribution is 1.17. The van der Waals surface area contributed by atoms with E-state index in [9.17, 15) is 0 Å². The molecule has 0 aliphatic rings. The fraction of sp³-hybridized carbons (Fsp3) is 0. The van der Waals surface area contributed by atoms with Gasteiger partial charge in [0.05, 0.1) is 23.1 Å². The summed E-state index contributed by atoms with van der Waals surface area (Å²) in [5.41, 5.74) is 9.13. The molecule has 0 atom stereocenters. The van der Waals surface area contributed by atoms with Crippen molar-refractivity contribution in [2.24, 2.45) is 0 Å². The number of nitrogens with zero attached hydrogens (tertiary/aromatic N) is 4. The lowest BCUT2D eigenvalue weighted by Crippen LogP contribution is -2.05. The van der Waals surface area contributed by atoms with Gasteiger partial charge in [0.2, 0.25) is 0 Å². The van der Waals surface area contributed by atoms with Gasteiger partial charge < -0.3 is 16.4 Å². The number of hydrogen-bond donors (Lipinski definition) is 3. The topological polar surface area (TPSA) is 102 Å². The molecule has 0 saturated heterocycles. The Hall–Kier alpha value is -3.74. The van der Waals surface area contributed by atoms with E-state index in [1.54, 1.807) is 18.6 Å². The Kier molecular flexibility index (Phi) is 3.80. The molecule has 0 spiro atoms. The lowest BCUT2D eigenvalue weighted by Gasteiger charge is -2.13. The van der Waals surface area contributed by atoms with Crippen LogP contribution in [0.2, 0.25) is 0 Å². The highest BCUT2D eigenvalue weighted by molar-refractivity contribution is 5.93. The average molecular weight is 329 g/mol. The van der Waals surface area contributed by atoms with Gasteiger partial charge in [-0.2, -0.15) is 0 Å². The molecule has 25 heavy (non-hydrogen) atoms. The first-order valence-electron chi connectivity index (χ1n) is 7.69. The van der Waals surface area contributed by atoms with Crippen molar-refractivity contribution >= 4 is 39.6 Å². The number of fused-ring (bicyclic) bond motifs is 1. The normalized spacial score (nSPS) is 10.6. The smallest absolute Gasteiger partial charge is 0.159 e. The molecule has 7 heteroatoms. The van der Waals surface area contributed by atoms with Crippen molar-refractivity contribution in [2.45, 2.75) is 0 Å². The second-order valence-electron chi connectivity index (χ2n) is 5.36. The van der Waals surface area contributed by atoms with Crippen molar-refractivity contribution in [3.63, 3.8) is 0 Å². The molecule has 0 aliphatic carbocycles. The maximum atomic E-state index is 6.23. The third-order valence-corrected chi connectivity index (χ3v) is 3.69. The third kappa shape index (κ3) is 3.02. The summed E-state index contributed by atoms with van der Waals surface area (Å²) in [6, 6.07) is 13.5. The van der Waals surface area contributed by atoms with Crippen LogP contribution < -0.4 is 16.4 Å². The first kappa shape index (κ1) is 14.8. The van der Waals surface area contributed by atoms with Crippen molar-refractivity contribution in [3.05, 3.63) is 67.4 Å². The molecule has 0 saturated carbocycles. The van der Waals surface area contributed by atoms with Crippen LogP contribution in [0, 0.1) is 0 Å². The largest absolute Gasteiger partial charge is 0.393 e. The minimum atomic E-state index is 0.416. The molecule has 0 fully saturated rings. The molecular formula is C18H15N7. The van der Waals surface area contributed by atoms with Crippen LogP contribution in [0.5, 0.6) is 0 Å².